The summed E-state index contributed by atoms with van der Waals surface area (Å²) in [4.78, 5) is 14.2. The van der Waals surface area contributed by atoms with Crippen LogP contribution < -0.4 is 10.5 Å². The number of halogens is 1. The van der Waals surface area contributed by atoms with Crippen molar-refractivity contribution in [2.24, 2.45) is 5.92 Å². The van der Waals surface area contributed by atoms with Gasteiger partial charge >= 0.3 is 5.76 Å². The van der Waals surface area contributed by atoms with E-state index in [0.29, 0.717) is 29.3 Å². The van der Waals surface area contributed by atoms with Gasteiger partial charge < -0.3 is 4.42 Å². The van der Waals surface area contributed by atoms with Gasteiger partial charge in [0.1, 0.15) is 0 Å². The Labute approximate surface area is 145 Å². The van der Waals surface area contributed by atoms with Crippen LogP contribution in [0.15, 0.2) is 27.4 Å². The third-order valence-electron chi connectivity index (χ3n) is 4.21. The van der Waals surface area contributed by atoms with Crippen LogP contribution in [0.2, 0.25) is 5.02 Å². The van der Waals surface area contributed by atoms with E-state index in [1.165, 1.54) is 0 Å². The van der Waals surface area contributed by atoms with Crippen molar-refractivity contribution in [2.45, 2.75) is 19.5 Å². The Morgan fingerprint density at radius 1 is 1.42 bits per heavy atom. The Balaban J connectivity index is 1.73. The Morgan fingerprint density at radius 3 is 2.96 bits per heavy atom. The molecule has 2 aromatic rings. The van der Waals surface area contributed by atoms with Crippen LogP contribution in [0.25, 0.3) is 11.1 Å². The van der Waals surface area contributed by atoms with Gasteiger partial charge in [0.2, 0.25) is 10.0 Å². The number of likely N-dealkylation sites (tertiary alicyclic amines) is 1. The highest BCUT2D eigenvalue weighted by Gasteiger charge is 2.22. The molecule has 1 N–H and O–H groups in total. The molecule has 1 saturated heterocycles. The molecule has 7 nitrogen and oxygen atoms in total. The molecule has 0 amide bonds. The Morgan fingerprint density at radius 2 is 2.21 bits per heavy atom. The number of fused-ring (bicyclic) bond motifs is 1. The molecule has 1 atom stereocenters. The first-order chi connectivity index (χ1) is 11.3. The minimum absolute atomic E-state index is 0.228. The molecule has 0 aliphatic carbocycles. The van der Waals surface area contributed by atoms with Crippen molar-refractivity contribution >= 4 is 32.7 Å². The second kappa shape index (κ2) is 6.87. The summed E-state index contributed by atoms with van der Waals surface area (Å²) in [5, 5.41) is 0.547. The van der Waals surface area contributed by atoms with E-state index in [0.717, 1.165) is 32.2 Å². The molecule has 1 aromatic carbocycles. The van der Waals surface area contributed by atoms with Crippen molar-refractivity contribution in [2.75, 3.05) is 25.9 Å². The van der Waals surface area contributed by atoms with Gasteiger partial charge in [0, 0.05) is 18.1 Å². The maximum Gasteiger partial charge on any atom is 0.421 e. The van der Waals surface area contributed by atoms with Crippen LogP contribution >= 0.6 is 11.6 Å². The first kappa shape index (κ1) is 17.5. The van der Waals surface area contributed by atoms with Crippen molar-refractivity contribution in [3.8, 4) is 0 Å². The Kier molecular flexibility index (Phi) is 5.00. The van der Waals surface area contributed by atoms with Gasteiger partial charge in [-0.3, -0.25) is 9.47 Å². The molecule has 0 radical (unpaired) electrons. The van der Waals surface area contributed by atoms with Crippen LogP contribution in [0.1, 0.15) is 12.8 Å². The fourth-order valence-corrected chi connectivity index (χ4v) is 3.79. The van der Waals surface area contributed by atoms with Crippen molar-refractivity contribution in [3.05, 3.63) is 33.8 Å². The predicted molar refractivity (Wildman–Crippen MR) is 92.6 cm³/mol. The van der Waals surface area contributed by atoms with E-state index >= 15 is 0 Å². The summed E-state index contributed by atoms with van der Waals surface area (Å²) in [5.41, 5.74) is 1.18. The first-order valence-electron chi connectivity index (χ1n) is 7.78. The Hall–Kier alpha value is -1.35. The summed E-state index contributed by atoms with van der Waals surface area (Å²) in [6, 6.07) is 5.09. The number of benzene rings is 1. The Bertz CT molecular complexity index is 890. The van der Waals surface area contributed by atoms with Gasteiger partial charge in [-0.25, -0.2) is 17.9 Å². The molecule has 3 rings (SSSR count). The summed E-state index contributed by atoms with van der Waals surface area (Å²) < 4.78 is 31.8. The molecule has 2 heterocycles. The number of nitrogens with zero attached hydrogens (tertiary/aromatic N) is 2. The zero-order valence-electron chi connectivity index (χ0n) is 13.4. The third kappa shape index (κ3) is 4.18. The summed E-state index contributed by atoms with van der Waals surface area (Å²) in [6.45, 7) is 2.40. The summed E-state index contributed by atoms with van der Waals surface area (Å²) in [7, 11) is -3.18. The van der Waals surface area contributed by atoms with Gasteiger partial charge in [-0.1, -0.05) is 11.6 Å². The van der Waals surface area contributed by atoms with Crippen LogP contribution in [0, 0.1) is 5.92 Å². The van der Waals surface area contributed by atoms with Crippen LogP contribution in [-0.4, -0.2) is 43.8 Å². The number of hydrogen-bond donors (Lipinski definition) is 1. The predicted octanol–water partition coefficient (Wildman–Crippen LogP) is 1.47. The summed E-state index contributed by atoms with van der Waals surface area (Å²) in [5.74, 6) is -0.186. The topological polar surface area (TPSA) is 84.5 Å². The van der Waals surface area contributed by atoms with Gasteiger partial charge in [0.25, 0.3) is 0 Å². The fraction of sp³-hybridized carbons (Fsp3) is 0.533. The fourth-order valence-electron chi connectivity index (χ4n) is 3.08. The summed E-state index contributed by atoms with van der Waals surface area (Å²) in [6.07, 6.45) is 3.09. The lowest BCUT2D eigenvalue weighted by Crippen LogP contribution is -2.42. The molecule has 0 spiro atoms. The molecule has 0 bridgehead atoms. The second-order valence-electron chi connectivity index (χ2n) is 6.26. The number of oxazole rings is 1. The van der Waals surface area contributed by atoms with Crippen LogP contribution in [-0.2, 0) is 16.7 Å². The van der Waals surface area contributed by atoms with E-state index in [-0.39, 0.29) is 5.92 Å². The largest absolute Gasteiger partial charge is 0.421 e. The van der Waals surface area contributed by atoms with Gasteiger partial charge in [-0.05, 0) is 43.5 Å². The van der Waals surface area contributed by atoms with E-state index in [9.17, 15) is 13.2 Å². The average Bonchev–Trinajstić information content (AvgIpc) is 2.81. The minimum Gasteiger partial charge on any atom is -0.408 e. The first-order valence-corrected chi connectivity index (χ1v) is 10.0. The van der Waals surface area contributed by atoms with E-state index in [4.69, 9.17) is 16.0 Å². The number of hydrogen-bond acceptors (Lipinski definition) is 5. The van der Waals surface area contributed by atoms with Crippen molar-refractivity contribution < 1.29 is 12.8 Å². The zero-order valence-corrected chi connectivity index (χ0v) is 14.9. The molecule has 1 aromatic heterocycles. The van der Waals surface area contributed by atoms with Gasteiger partial charge in [0.15, 0.2) is 5.58 Å². The maximum absolute atomic E-state index is 12.1. The summed E-state index contributed by atoms with van der Waals surface area (Å²) >= 11 is 6.01. The van der Waals surface area contributed by atoms with Crippen LogP contribution in [0.4, 0.5) is 0 Å². The van der Waals surface area contributed by atoms with Crippen molar-refractivity contribution in [1.29, 1.82) is 0 Å². The highest BCUT2D eigenvalue weighted by molar-refractivity contribution is 7.88. The van der Waals surface area contributed by atoms with Crippen molar-refractivity contribution in [3.63, 3.8) is 0 Å². The molecule has 9 heteroatoms. The number of rotatable bonds is 5. The lowest BCUT2D eigenvalue weighted by molar-refractivity contribution is 0.138. The zero-order chi connectivity index (χ0) is 17.3. The molecule has 24 heavy (non-hydrogen) atoms. The minimum atomic E-state index is -3.18. The standard InChI is InChI=1S/C15H20ClN3O4S/c1-24(21,22)17-8-11-3-2-6-18(9-11)10-19-13-7-12(16)4-5-14(13)23-15(19)20/h4-5,7,11,17H,2-3,6,8-10H2,1H3/t11-/m1/s1. The average molecular weight is 374 g/mol. The molecule has 1 fully saturated rings. The lowest BCUT2D eigenvalue weighted by atomic mass is 9.99. The smallest absolute Gasteiger partial charge is 0.408 e. The van der Waals surface area contributed by atoms with Crippen LogP contribution in [0.3, 0.4) is 0 Å². The molecular formula is C15H20ClN3O4S. The molecule has 132 valence electrons. The quantitative estimate of drug-likeness (QED) is 0.857. The van der Waals surface area contributed by atoms with E-state index in [1.807, 2.05) is 0 Å². The van der Waals surface area contributed by atoms with E-state index in [1.54, 1.807) is 22.8 Å². The molecular weight excluding hydrogens is 354 g/mol. The van der Waals surface area contributed by atoms with Gasteiger partial charge in [-0.2, -0.15) is 0 Å². The van der Waals surface area contributed by atoms with E-state index < -0.39 is 15.8 Å². The molecule has 1 aliphatic rings. The van der Waals surface area contributed by atoms with Gasteiger partial charge in [-0.15, -0.1) is 0 Å². The van der Waals surface area contributed by atoms with Crippen molar-refractivity contribution in [1.82, 2.24) is 14.2 Å². The normalized spacial score (nSPS) is 19.8. The lowest BCUT2D eigenvalue weighted by Gasteiger charge is -2.32. The number of piperidine rings is 1. The van der Waals surface area contributed by atoms with Gasteiger partial charge in [0.05, 0.1) is 18.4 Å². The second-order valence-corrected chi connectivity index (χ2v) is 8.52. The highest BCUT2D eigenvalue weighted by atomic mass is 35.5. The molecule has 0 saturated carbocycles. The number of aromatic nitrogens is 1. The highest BCUT2D eigenvalue weighted by Crippen LogP contribution is 2.21. The van der Waals surface area contributed by atoms with E-state index in [2.05, 4.69) is 9.62 Å². The molecule has 0 unspecified atom stereocenters. The van der Waals surface area contributed by atoms with Crippen LogP contribution in [0.5, 0.6) is 0 Å². The number of nitrogens with one attached hydrogen (secondary N) is 1. The maximum atomic E-state index is 12.1. The SMILES string of the molecule is CS(=O)(=O)NC[C@H]1CCCN(Cn2c(=O)oc3ccc(Cl)cc32)C1. The third-order valence-corrected chi connectivity index (χ3v) is 5.13. The molecule has 1 aliphatic heterocycles. The number of sulfonamides is 1. The monoisotopic (exact) mass is 373 g/mol.